The van der Waals surface area contributed by atoms with Crippen LogP contribution in [0.3, 0.4) is 0 Å². The molecule has 1 unspecified atom stereocenters. The summed E-state index contributed by atoms with van der Waals surface area (Å²) in [6, 6.07) is 0. The van der Waals surface area contributed by atoms with Crippen molar-refractivity contribution >= 4 is 11.9 Å². The summed E-state index contributed by atoms with van der Waals surface area (Å²) in [7, 11) is 0. The van der Waals surface area contributed by atoms with E-state index in [1.54, 1.807) is 0 Å². The number of hydrogen-bond acceptors (Lipinski definition) is 4. The van der Waals surface area contributed by atoms with Crippen molar-refractivity contribution < 1.29 is 19.1 Å². The van der Waals surface area contributed by atoms with Crippen LogP contribution in [0.25, 0.3) is 0 Å². The molecule has 0 aliphatic rings. The summed E-state index contributed by atoms with van der Waals surface area (Å²) in [5.41, 5.74) is 0.311. The van der Waals surface area contributed by atoms with E-state index in [2.05, 4.69) is 0 Å². The lowest BCUT2D eigenvalue weighted by Gasteiger charge is -2.23. The topological polar surface area (TPSA) is 52.6 Å². The van der Waals surface area contributed by atoms with Gasteiger partial charge in [0, 0.05) is 5.57 Å². The molecule has 0 saturated heterocycles. The molecule has 4 heteroatoms. The summed E-state index contributed by atoms with van der Waals surface area (Å²) in [5.74, 6) is -0.390. The fraction of sp³-hybridized carbons (Fsp3) is 0.789. The molecule has 0 fully saturated rings. The van der Waals surface area contributed by atoms with Crippen LogP contribution < -0.4 is 0 Å². The predicted molar refractivity (Wildman–Crippen MR) is 93.1 cm³/mol. The number of carbonyl (C=O) groups is 2. The molecule has 1 atom stereocenters. The number of allylic oxidation sites excluding steroid dienone is 1. The zero-order valence-corrected chi connectivity index (χ0v) is 15.7. The van der Waals surface area contributed by atoms with Crippen molar-refractivity contribution in [2.75, 3.05) is 6.61 Å². The van der Waals surface area contributed by atoms with Gasteiger partial charge in [-0.25, -0.2) is 4.79 Å². The van der Waals surface area contributed by atoms with Gasteiger partial charge in [-0.1, -0.05) is 26.3 Å². The molecule has 0 rings (SSSR count). The Labute approximate surface area is 141 Å². The highest BCUT2D eigenvalue weighted by Gasteiger charge is 2.23. The van der Waals surface area contributed by atoms with Gasteiger partial charge in [-0.2, -0.15) is 0 Å². The molecule has 0 amide bonds. The Morgan fingerprint density at radius 2 is 1.74 bits per heavy atom. The number of hydrogen-bond donors (Lipinski definition) is 0. The maximum Gasteiger partial charge on any atom is 0.333 e. The molecule has 0 aliphatic carbocycles. The number of esters is 2. The monoisotopic (exact) mass is 326 g/mol. The van der Waals surface area contributed by atoms with E-state index in [1.807, 2.05) is 47.6 Å². The third kappa shape index (κ3) is 10.1. The Morgan fingerprint density at radius 1 is 1.09 bits per heavy atom. The lowest BCUT2D eigenvalue weighted by atomic mass is 9.97. The summed E-state index contributed by atoms with van der Waals surface area (Å²) >= 11 is 0. The van der Waals surface area contributed by atoms with Crippen molar-refractivity contribution in [3.8, 4) is 0 Å². The molecule has 0 aromatic rings. The minimum atomic E-state index is -0.439. The van der Waals surface area contributed by atoms with Gasteiger partial charge < -0.3 is 9.47 Å². The van der Waals surface area contributed by atoms with Crippen LogP contribution in [-0.4, -0.2) is 24.1 Å². The van der Waals surface area contributed by atoms with Crippen LogP contribution in [0.15, 0.2) is 11.6 Å². The number of carbonyl (C=O) groups excluding carboxylic acids is 2. The molecule has 0 radical (unpaired) electrons. The maximum absolute atomic E-state index is 12.1. The third-order valence-corrected chi connectivity index (χ3v) is 3.47. The van der Waals surface area contributed by atoms with E-state index in [0.29, 0.717) is 13.0 Å². The smallest absolute Gasteiger partial charge is 0.333 e. The average Bonchev–Trinajstić information content (AvgIpc) is 2.44. The molecule has 0 aromatic heterocycles. The van der Waals surface area contributed by atoms with E-state index in [9.17, 15) is 9.59 Å². The molecule has 134 valence electrons. The van der Waals surface area contributed by atoms with Crippen molar-refractivity contribution in [1.29, 1.82) is 0 Å². The van der Waals surface area contributed by atoms with Crippen LogP contribution in [0.4, 0.5) is 0 Å². The summed E-state index contributed by atoms with van der Waals surface area (Å²) in [6.45, 7) is 11.9. The Bertz CT molecular complexity index is 391. The van der Waals surface area contributed by atoms with Crippen molar-refractivity contribution in [3.05, 3.63) is 11.6 Å². The third-order valence-electron chi connectivity index (χ3n) is 3.47. The zero-order chi connectivity index (χ0) is 17.9. The fourth-order valence-corrected chi connectivity index (χ4v) is 2.34. The molecule has 0 aromatic carbocycles. The molecule has 0 spiro atoms. The zero-order valence-electron chi connectivity index (χ0n) is 15.7. The Hall–Kier alpha value is -1.32. The molecule has 0 N–H and O–H groups in total. The second kappa shape index (κ2) is 11.3. The van der Waals surface area contributed by atoms with Crippen LogP contribution in [0.1, 0.15) is 80.1 Å². The molecule has 0 saturated carbocycles. The highest BCUT2D eigenvalue weighted by molar-refractivity contribution is 5.88. The van der Waals surface area contributed by atoms with Gasteiger partial charge in [0.1, 0.15) is 5.60 Å². The molecule has 23 heavy (non-hydrogen) atoms. The minimum Gasteiger partial charge on any atom is -0.463 e. The molecule has 0 heterocycles. The number of ether oxygens (including phenoxy) is 2. The van der Waals surface area contributed by atoms with Crippen molar-refractivity contribution in [3.63, 3.8) is 0 Å². The van der Waals surface area contributed by atoms with E-state index in [-0.39, 0.29) is 17.9 Å². The van der Waals surface area contributed by atoms with Crippen LogP contribution in [0, 0.1) is 5.92 Å². The predicted octanol–water partition coefficient (Wildman–Crippen LogP) is 4.81. The molecule has 0 aliphatic heterocycles. The van der Waals surface area contributed by atoms with Crippen LogP contribution in [-0.2, 0) is 19.1 Å². The Morgan fingerprint density at radius 3 is 2.22 bits per heavy atom. The van der Waals surface area contributed by atoms with Crippen LogP contribution in [0.5, 0.6) is 0 Å². The van der Waals surface area contributed by atoms with Gasteiger partial charge in [0.2, 0.25) is 0 Å². The maximum atomic E-state index is 12.1. The van der Waals surface area contributed by atoms with Gasteiger partial charge in [-0.15, -0.1) is 0 Å². The highest BCUT2D eigenvalue weighted by atomic mass is 16.6. The van der Waals surface area contributed by atoms with Gasteiger partial charge in [0.05, 0.1) is 12.5 Å². The number of unbranched alkanes of at least 4 members (excludes halogenated alkanes) is 1. The Balaban J connectivity index is 4.32. The minimum absolute atomic E-state index is 0.0598. The second-order valence-electron chi connectivity index (χ2n) is 6.74. The van der Waals surface area contributed by atoms with Crippen molar-refractivity contribution in [1.82, 2.24) is 0 Å². The lowest BCUT2D eigenvalue weighted by Crippen LogP contribution is -2.28. The van der Waals surface area contributed by atoms with Gasteiger partial charge in [0.25, 0.3) is 0 Å². The molecular weight excluding hydrogens is 292 g/mol. The SMILES string of the molecule is CCC=C(CCCCC(CC)C(=O)OC(C)(C)C)C(=O)OCC. The standard InChI is InChI=1S/C19H34O4/c1-7-12-16(17(20)22-9-3)14-11-10-13-15(8-2)18(21)23-19(4,5)6/h12,15H,7-11,13-14H2,1-6H3. The molecule has 0 bridgehead atoms. The fourth-order valence-electron chi connectivity index (χ4n) is 2.34. The van der Waals surface area contributed by atoms with Crippen molar-refractivity contribution in [2.24, 2.45) is 5.92 Å². The van der Waals surface area contributed by atoms with Gasteiger partial charge in [0.15, 0.2) is 0 Å². The first-order valence-electron chi connectivity index (χ1n) is 8.84. The summed E-state index contributed by atoms with van der Waals surface area (Å²) in [4.78, 5) is 23.9. The first kappa shape index (κ1) is 21.7. The highest BCUT2D eigenvalue weighted by Crippen LogP contribution is 2.20. The summed E-state index contributed by atoms with van der Waals surface area (Å²) in [6.07, 6.45) is 6.82. The van der Waals surface area contributed by atoms with E-state index in [0.717, 1.165) is 37.7 Å². The second-order valence-corrected chi connectivity index (χ2v) is 6.74. The Kier molecular flexibility index (Phi) is 10.6. The summed E-state index contributed by atoms with van der Waals surface area (Å²) < 4.78 is 10.5. The lowest BCUT2D eigenvalue weighted by molar-refractivity contribution is -0.160. The largest absolute Gasteiger partial charge is 0.463 e. The first-order valence-corrected chi connectivity index (χ1v) is 8.84. The van der Waals surface area contributed by atoms with Gasteiger partial charge >= 0.3 is 11.9 Å². The van der Waals surface area contributed by atoms with Gasteiger partial charge in [-0.05, 0) is 59.8 Å². The first-order chi connectivity index (χ1) is 10.7. The van der Waals surface area contributed by atoms with E-state index in [4.69, 9.17) is 9.47 Å². The van der Waals surface area contributed by atoms with Crippen molar-refractivity contribution in [2.45, 2.75) is 85.7 Å². The van der Waals surface area contributed by atoms with E-state index >= 15 is 0 Å². The summed E-state index contributed by atoms with van der Waals surface area (Å²) in [5, 5.41) is 0. The van der Waals surface area contributed by atoms with E-state index in [1.165, 1.54) is 0 Å². The van der Waals surface area contributed by atoms with Crippen LogP contribution in [0.2, 0.25) is 0 Å². The van der Waals surface area contributed by atoms with E-state index < -0.39 is 5.60 Å². The number of rotatable bonds is 10. The van der Waals surface area contributed by atoms with Gasteiger partial charge in [-0.3, -0.25) is 4.79 Å². The van der Waals surface area contributed by atoms with Crippen LogP contribution >= 0.6 is 0 Å². The molecular formula is C19H34O4. The normalized spacial score (nSPS) is 13.6. The average molecular weight is 326 g/mol. The molecule has 4 nitrogen and oxygen atoms in total. The quantitative estimate of drug-likeness (QED) is 0.328.